The lowest BCUT2D eigenvalue weighted by Crippen LogP contribution is -2.49. The van der Waals surface area contributed by atoms with Crippen molar-refractivity contribution in [2.45, 2.75) is 30.7 Å². The molecule has 1 aliphatic heterocycles. The molecule has 4 nitrogen and oxygen atoms in total. The molecule has 112 valence electrons. The Morgan fingerprint density at radius 1 is 1.50 bits per heavy atom. The van der Waals surface area contributed by atoms with Crippen LogP contribution in [0, 0.1) is 11.7 Å². The summed E-state index contributed by atoms with van der Waals surface area (Å²) in [6.07, 6.45) is 1.57. The topological polar surface area (TPSA) is 63.4 Å². The number of piperidine rings is 1. The van der Waals surface area contributed by atoms with Crippen LogP contribution in [0.25, 0.3) is 0 Å². The van der Waals surface area contributed by atoms with Gasteiger partial charge in [-0.1, -0.05) is 6.92 Å². The van der Waals surface area contributed by atoms with E-state index in [9.17, 15) is 12.8 Å². The summed E-state index contributed by atoms with van der Waals surface area (Å²) in [6, 6.07) is 3.42. The highest BCUT2D eigenvalue weighted by Crippen LogP contribution is 2.31. The lowest BCUT2D eigenvalue weighted by atomic mass is 9.94. The molecular weight excluding hydrogens is 347 g/mol. The second-order valence-electron chi connectivity index (χ2n) is 5.21. The molecule has 1 saturated heterocycles. The zero-order valence-corrected chi connectivity index (χ0v) is 13.6. The van der Waals surface area contributed by atoms with Gasteiger partial charge in [-0.2, -0.15) is 4.31 Å². The molecule has 1 aliphatic rings. The van der Waals surface area contributed by atoms with E-state index < -0.39 is 15.8 Å². The van der Waals surface area contributed by atoms with E-state index in [1.165, 1.54) is 10.4 Å². The van der Waals surface area contributed by atoms with E-state index in [-0.39, 0.29) is 15.4 Å². The summed E-state index contributed by atoms with van der Waals surface area (Å²) < 4.78 is 40.2. The highest BCUT2D eigenvalue weighted by Gasteiger charge is 2.35. The number of hydrogen-bond acceptors (Lipinski definition) is 3. The van der Waals surface area contributed by atoms with Crippen LogP contribution in [-0.4, -0.2) is 31.9 Å². The monoisotopic (exact) mass is 364 g/mol. The van der Waals surface area contributed by atoms with Crippen molar-refractivity contribution in [2.24, 2.45) is 11.7 Å². The molecular formula is C13H18BrFN2O2S. The maximum absolute atomic E-state index is 13.1. The van der Waals surface area contributed by atoms with Crippen molar-refractivity contribution in [1.82, 2.24) is 4.31 Å². The molecule has 2 unspecified atom stereocenters. The molecule has 0 aromatic heterocycles. The summed E-state index contributed by atoms with van der Waals surface area (Å²) in [5, 5.41) is 0. The van der Waals surface area contributed by atoms with Crippen LogP contribution < -0.4 is 5.73 Å². The third kappa shape index (κ3) is 3.05. The quantitative estimate of drug-likeness (QED) is 0.894. The molecule has 1 aromatic carbocycles. The van der Waals surface area contributed by atoms with E-state index in [0.717, 1.165) is 25.0 Å². The zero-order valence-electron chi connectivity index (χ0n) is 11.2. The Bertz CT molecular complexity index is 594. The van der Waals surface area contributed by atoms with Crippen LogP contribution in [-0.2, 0) is 10.0 Å². The van der Waals surface area contributed by atoms with Crippen LogP contribution in [0.15, 0.2) is 27.6 Å². The van der Waals surface area contributed by atoms with Gasteiger partial charge in [-0.25, -0.2) is 12.8 Å². The van der Waals surface area contributed by atoms with Crippen LogP contribution >= 0.6 is 15.9 Å². The highest BCUT2D eigenvalue weighted by atomic mass is 79.9. The number of hydrogen-bond donors (Lipinski definition) is 1. The summed E-state index contributed by atoms with van der Waals surface area (Å²) in [7, 11) is -3.65. The average Bonchev–Trinajstić information content (AvgIpc) is 2.37. The Morgan fingerprint density at radius 2 is 2.20 bits per heavy atom. The van der Waals surface area contributed by atoms with Crippen molar-refractivity contribution in [1.29, 1.82) is 0 Å². The lowest BCUT2D eigenvalue weighted by Gasteiger charge is -2.37. The summed E-state index contributed by atoms with van der Waals surface area (Å²) >= 11 is 3.13. The fourth-order valence-corrected chi connectivity index (χ4v) is 5.24. The third-order valence-corrected chi connectivity index (χ3v) is 6.61. The molecule has 1 heterocycles. The molecule has 2 atom stereocenters. The summed E-state index contributed by atoms with van der Waals surface area (Å²) in [5.74, 6) is -0.00914. The Hall–Kier alpha value is -0.500. The maximum Gasteiger partial charge on any atom is 0.244 e. The van der Waals surface area contributed by atoms with Crippen molar-refractivity contribution in [3.8, 4) is 0 Å². The van der Waals surface area contributed by atoms with Gasteiger partial charge >= 0.3 is 0 Å². The molecule has 0 saturated carbocycles. The second-order valence-corrected chi connectivity index (χ2v) is 7.92. The van der Waals surface area contributed by atoms with Gasteiger partial charge in [-0.05, 0) is 52.9 Å². The fraction of sp³-hybridized carbons (Fsp3) is 0.538. The Kier molecular flexibility index (Phi) is 4.84. The molecule has 2 N–H and O–H groups in total. The first-order chi connectivity index (χ1) is 9.36. The van der Waals surface area contributed by atoms with Gasteiger partial charge in [0.1, 0.15) is 5.82 Å². The molecule has 0 aliphatic carbocycles. The minimum atomic E-state index is -3.65. The highest BCUT2D eigenvalue weighted by molar-refractivity contribution is 9.10. The van der Waals surface area contributed by atoms with Gasteiger partial charge in [-0.15, -0.1) is 0 Å². The largest absolute Gasteiger partial charge is 0.329 e. The van der Waals surface area contributed by atoms with Crippen LogP contribution in [0.3, 0.4) is 0 Å². The van der Waals surface area contributed by atoms with Crippen LogP contribution in [0.4, 0.5) is 4.39 Å². The SMILES string of the molecule is CC1CCN(S(=O)(=O)c2ccc(F)cc2Br)C(CN)C1. The van der Waals surface area contributed by atoms with Crippen molar-refractivity contribution < 1.29 is 12.8 Å². The van der Waals surface area contributed by atoms with E-state index in [2.05, 4.69) is 22.9 Å². The smallest absolute Gasteiger partial charge is 0.244 e. The number of halogens is 2. The normalized spacial score (nSPS) is 24.8. The fourth-order valence-electron chi connectivity index (χ4n) is 2.57. The number of rotatable bonds is 3. The van der Waals surface area contributed by atoms with Gasteiger partial charge < -0.3 is 5.73 Å². The molecule has 20 heavy (non-hydrogen) atoms. The molecule has 1 fully saturated rings. The standard InChI is InChI=1S/C13H18BrFN2O2S/c1-9-4-5-17(11(6-9)8-16)20(18,19)13-3-2-10(15)7-12(13)14/h2-3,7,9,11H,4-6,8,16H2,1H3. The van der Waals surface area contributed by atoms with E-state index in [4.69, 9.17) is 5.73 Å². The molecule has 0 amide bonds. The summed E-state index contributed by atoms with van der Waals surface area (Å²) in [4.78, 5) is 0.0897. The second kappa shape index (κ2) is 6.09. The van der Waals surface area contributed by atoms with E-state index in [1.807, 2.05) is 0 Å². The first-order valence-electron chi connectivity index (χ1n) is 6.53. The van der Waals surface area contributed by atoms with E-state index in [1.54, 1.807) is 0 Å². The van der Waals surface area contributed by atoms with E-state index in [0.29, 0.717) is 19.0 Å². The number of nitrogens with two attached hydrogens (primary N) is 1. The van der Waals surface area contributed by atoms with Gasteiger partial charge in [0, 0.05) is 23.6 Å². The van der Waals surface area contributed by atoms with Crippen LogP contribution in [0.5, 0.6) is 0 Å². The molecule has 0 spiro atoms. The van der Waals surface area contributed by atoms with Crippen molar-refractivity contribution in [3.05, 3.63) is 28.5 Å². The van der Waals surface area contributed by atoms with Gasteiger partial charge in [0.2, 0.25) is 10.0 Å². The molecule has 2 rings (SSSR count). The Morgan fingerprint density at radius 3 is 2.80 bits per heavy atom. The first kappa shape index (κ1) is 15.9. The lowest BCUT2D eigenvalue weighted by molar-refractivity contribution is 0.211. The molecule has 7 heteroatoms. The number of nitrogens with zero attached hydrogens (tertiary/aromatic N) is 1. The van der Waals surface area contributed by atoms with Gasteiger partial charge in [0.15, 0.2) is 0 Å². The van der Waals surface area contributed by atoms with Crippen molar-refractivity contribution in [3.63, 3.8) is 0 Å². The number of benzene rings is 1. The van der Waals surface area contributed by atoms with Gasteiger partial charge in [0.05, 0.1) is 4.90 Å². The predicted molar refractivity (Wildman–Crippen MR) is 79.2 cm³/mol. The van der Waals surface area contributed by atoms with Crippen molar-refractivity contribution in [2.75, 3.05) is 13.1 Å². The summed E-state index contributed by atoms with van der Waals surface area (Å²) in [6.45, 7) is 2.85. The maximum atomic E-state index is 13.1. The van der Waals surface area contributed by atoms with Crippen LogP contribution in [0.1, 0.15) is 19.8 Å². The number of sulfonamides is 1. The molecule has 1 aromatic rings. The minimum absolute atomic E-state index is 0.0897. The minimum Gasteiger partial charge on any atom is -0.329 e. The van der Waals surface area contributed by atoms with Crippen LogP contribution in [0.2, 0.25) is 0 Å². The molecule has 0 bridgehead atoms. The Labute approximate surface area is 127 Å². The predicted octanol–water partition coefficient (Wildman–Crippen LogP) is 2.34. The van der Waals surface area contributed by atoms with Gasteiger partial charge in [-0.3, -0.25) is 0 Å². The van der Waals surface area contributed by atoms with Crippen molar-refractivity contribution >= 4 is 26.0 Å². The van der Waals surface area contributed by atoms with E-state index >= 15 is 0 Å². The zero-order chi connectivity index (χ0) is 14.9. The Balaban J connectivity index is 2.38. The van der Waals surface area contributed by atoms with Gasteiger partial charge in [0.25, 0.3) is 0 Å². The average molecular weight is 365 g/mol. The first-order valence-corrected chi connectivity index (χ1v) is 8.76. The summed E-state index contributed by atoms with van der Waals surface area (Å²) in [5.41, 5.74) is 5.71. The third-order valence-electron chi connectivity index (χ3n) is 3.68. The molecule has 0 radical (unpaired) electrons.